The molecule has 3 rings (SSSR count). The summed E-state index contributed by atoms with van der Waals surface area (Å²) in [6, 6.07) is 5.01. The molecule has 6 N–H and O–H groups in total. The third kappa shape index (κ3) is 6.96. The van der Waals surface area contributed by atoms with Gasteiger partial charge in [0.1, 0.15) is 6.04 Å². The molecule has 0 aliphatic rings. The van der Waals surface area contributed by atoms with Crippen LogP contribution in [-0.2, 0) is 16.1 Å². The van der Waals surface area contributed by atoms with E-state index in [1.165, 1.54) is 18.3 Å². The number of aromatic nitrogens is 4. The third-order valence-electron chi connectivity index (χ3n) is 4.77. The predicted octanol–water partition coefficient (Wildman–Crippen LogP) is 1.19. The summed E-state index contributed by atoms with van der Waals surface area (Å²) in [6.45, 7) is 4.08. The summed E-state index contributed by atoms with van der Waals surface area (Å²) in [7, 11) is 0. The Bertz CT molecular complexity index is 1290. The van der Waals surface area contributed by atoms with Crippen LogP contribution in [0.25, 0.3) is 11.2 Å². The highest BCUT2D eigenvalue weighted by molar-refractivity contribution is 5.96. The highest BCUT2D eigenvalue weighted by Crippen LogP contribution is 2.12. The van der Waals surface area contributed by atoms with E-state index in [9.17, 15) is 24.3 Å². The van der Waals surface area contributed by atoms with Crippen molar-refractivity contribution in [2.24, 2.45) is 0 Å². The number of aromatic amines is 1. The number of rotatable bonds is 11. The second kappa shape index (κ2) is 11.0. The molecule has 0 radical (unpaired) electrons. The van der Waals surface area contributed by atoms with Crippen LogP contribution < -0.4 is 21.5 Å². The number of carboxylic acids is 2. The van der Waals surface area contributed by atoms with Crippen LogP contribution in [0.2, 0.25) is 0 Å². The Kier molecular flexibility index (Phi) is 7.92. The molecule has 0 saturated heterocycles. The average molecular weight is 483 g/mol. The lowest BCUT2D eigenvalue weighted by atomic mass is 10.1. The van der Waals surface area contributed by atoms with Crippen LogP contribution in [0.5, 0.6) is 0 Å². The van der Waals surface area contributed by atoms with Crippen molar-refractivity contribution in [1.29, 1.82) is 0 Å². The van der Waals surface area contributed by atoms with Crippen molar-refractivity contribution >= 4 is 40.6 Å². The number of benzene rings is 1. The summed E-state index contributed by atoms with van der Waals surface area (Å²) in [5.74, 6) is -2.77. The van der Waals surface area contributed by atoms with Gasteiger partial charge in [0.2, 0.25) is 5.95 Å². The summed E-state index contributed by atoms with van der Waals surface area (Å²) in [5, 5.41) is 26.3. The first kappa shape index (κ1) is 25.1. The first-order chi connectivity index (χ1) is 16.6. The number of carbonyl (C=O) groups is 3. The topological polar surface area (TPSA) is 199 Å². The molecule has 13 heteroatoms. The molecule has 35 heavy (non-hydrogen) atoms. The van der Waals surface area contributed by atoms with Gasteiger partial charge in [-0.1, -0.05) is 0 Å². The number of anilines is 2. The number of hydrogen-bond donors (Lipinski definition) is 6. The number of amides is 1. The Morgan fingerprint density at radius 3 is 2.43 bits per heavy atom. The molecule has 0 aliphatic heterocycles. The van der Waals surface area contributed by atoms with Crippen LogP contribution in [-0.4, -0.2) is 60.1 Å². The molecule has 1 aromatic carbocycles. The first-order valence-electron chi connectivity index (χ1n) is 10.7. The van der Waals surface area contributed by atoms with Crippen molar-refractivity contribution in [1.82, 2.24) is 25.3 Å². The summed E-state index contributed by atoms with van der Waals surface area (Å²) < 4.78 is 0. The number of nitrogens with zero attached hydrogens (tertiary/aromatic N) is 3. The standard InChI is InChI=1S/C22H25N7O6/c1-11(2)25-22-28-18-17(20(33)29-22)26-14(10-24-18)9-23-13-5-3-12(4-6-13)19(32)27-15(21(34)35)7-8-16(30)31/h3-6,10-11,15,23H,7-9H2,1-2H3,(H,27,32)(H,30,31)(H,34,35)(H2,24,25,28,29,33). The van der Waals surface area contributed by atoms with Crippen molar-refractivity contribution in [2.45, 2.75) is 45.3 Å². The van der Waals surface area contributed by atoms with Crippen LogP contribution in [0, 0.1) is 0 Å². The predicted molar refractivity (Wildman–Crippen MR) is 126 cm³/mol. The van der Waals surface area contributed by atoms with Gasteiger partial charge in [0, 0.05) is 23.7 Å². The maximum absolute atomic E-state index is 12.3. The van der Waals surface area contributed by atoms with E-state index in [0.29, 0.717) is 23.0 Å². The lowest BCUT2D eigenvalue weighted by Crippen LogP contribution is -2.41. The number of fused-ring (bicyclic) bond motifs is 1. The average Bonchev–Trinajstić information content (AvgIpc) is 2.80. The Morgan fingerprint density at radius 2 is 1.80 bits per heavy atom. The van der Waals surface area contributed by atoms with Crippen molar-refractivity contribution in [3.8, 4) is 0 Å². The molecule has 0 saturated carbocycles. The zero-order valence-electron chi connectivity index (χ0n) is 19.0. The lowest BCUT2D eigenvalue weighted by molar-refractivity contribution is -0.140. The molecule has 184 valence electrons. The SMILES string of the molecule is CC(C)Nc1nc(=O)c2nc(CNc3ccc(C(=O)NC(CCC(=O)O)C(=O)O)cc3)cnc2[nH]1. The molecular formula is C22H25N7O6. The van der Waals surface area contributed by atoms with E-state index in [2.05, 4.69) is 35.9 Å². The molecular weight excluding hydrogens is 458 g/mol. The van der Waals surface area contributed by atoms with E-state index < -0.39 is 29.4 Å². The first-order valence-corrected chi connectivity index (χ1v) is 10.7. The quantitative estimate of drug-likeness (QED) is 0.229. The fourth-order valence-electron chi connectivity index (χ4n) is 3.09. The normalized spacial score (nSPS) is 11.7. The molecule has 2 aromatic heterocycles. The van der Waals surface area contributed by atoms with E-state index in [1.54, 1.807) is 12.1 Å². The summed E-state index contributed by atoms with van der Waals surface area (Å²) in [4.78, 5) is 62.0. The molecule has 1 unspecified atom stereocenters. The van der Waals surface area contributed by atoms with Crippen LogP contribution in [0.1, 0.15) is 42.7 Å². The number of aliphatic carboxylic acids is 2. The van der Waals surface area contributed by atoms with Gasteiger partial charge in [0.25, 0.3) is 5.91 Å². The number of nitrogens with one attached hydrogen (secondary N) is 4. The van der Waals surface area contributed by atoms with Gasteiger partial charge < -0.3 is 31.1 Å². The monoisotopic (exact) mass is 483 g/mol. The van der Waals surface area contributed by atoms with Crippen LogP contribution in [0.4, 0.5) is 11.6 Å². The minimum Gasteiger partial charge on any atom is -0.481 e. The van der Waals surface area contributed by atoms with Crippen molar-refractivity contribution in [2.75, 3.05) is 10.6 Å². The van der Waals surface area contributed by atoms with E-state index in [0.717, 1.165) is 0 Å². The maximum atomic E-state index is 12.3. The number of hydrogen-bond acceptors (Lipinski definition) is 9. The zero-order chi connectivity index (χ0) is 25.5. The highest BCUT2D eigenvalue weighted by atomic mass is 16.4. The third-order valence-corrected chi connectivity index (χ3v) is 4.77. The van der Waals surface area contributed by atoms with Gasteiger partial charge in [-0.3, -0.25) is 14.4 Å². The van der Waals surface area contributed by atoms with Crippen LogP contribution in [0.15, 0.2) is 35.3 Å². The summed E-state index contributed by atoms with van der Waals surface area (Å²) >= 11 is 0. The largest absolute Gasteiger partial charge is 0.481 e. The van der Waals surface area contributed by atoms with Gasteiger partial charge in [-0.25, -0.2) is 14.8 Å². The van der Waals surface area contributed by atoms with E-state index in [1.807, 2.05) is 13.8 Å². The van der Waals surface area contributed by atoms with Crippen molar-refractivity contribution in [3.05, 3.63) is 52.1 Å². The van der Waals surface area contributed by atoms with Gasteiger partial charge >= 0.3 is 17.5 Å². The molecule has 3 aromatic rings. The van der Waals surface area contributed by atoms with Gasteiger partial charge in [0.15, 0.2) is 11.2 Å². The Hall–Kier alpha value is -4.55. The Morgan fingerprint density at radius 1 is 1.09 bits per heavy atom. The minimum absolute atomic E-state index is 0.0834. The Labute approximate surface area is 199 Å². The van der Waals surface area contributed by atoms with E-state index in [4.69, 9.17) is 5.11 Å². The molecule has 0 fully saturated rings. The molecule has 0 bridgehead atoms. The highest BCUT2D eigenvalue weighted by Gasteiger charge is 2.21. The van der Waals surface area contributed by atoms with Crippen molar-refractivity contribution < 1.29 is 24.6 Å². The lowest BCUT2D eigenvalue weighted by Gasteiger charge is -2.14. The number of carboxylic acid groups (broad SMARTS) is 2. The van der Waals surface area contributed by atoms with Crippen molar-refractivity contribution in [3.63, 3.8) is 0 Å². The van der Waals surface area contributed by atoms with Crippen LogP contribution in [0.3, 0.4) is 0 Å². The molecule has 13 nitrogen and oxygen atoms in total. The molecule has 1 atom stereocenters. The summed E-state index contributed by atoms with van der Waals surface area (Å²) in [6.07, 6.45) is 0.919. The van der Waals surface area contributed by atoms with E-state index >= 15 is 0 Å². The van der Waals surface area contributed by atoms with Crippen LogP contribution >= 0.6 is 0 Å². The maximum Gasteiger partial charge on any atom is 0.326 e. The smallest absolute Gasteiger partial charge is 0.326 e. The van der Waals surface area contributed by atoms with Gasteiger partial charge in [-0.15, -0.1) is 0 Å². The van der Waals surface area contributed by atoms with Gasteiger partial charge in [-0.2, -0.15) is 4.98 Å². The number of carbonyl (C=O) groups excluding carboxylic acids is 1. The minimum atomic E-state index is -1.31. The number of H-pyrrole nitrogens is 1. The second-order valence-corrected chi connectivity index (χ2v) is 7.98. The zero-order valence-corrected chi connectivity index (χ0v) is 19.0. The Balaban J connectivity index is 1.63. The van der Waals surface area contributed by atoms with Gasteiger partial charge in [0.05, 0.1) is 18.4 Å². The molecule has 2 heterocycles. The molecule has 0 aliphatic carbocycles. The molecule has 0 spiro atoms. The van der Waals surface area contributed by atoms with Gasteiger partial charge in [-0.05, 0) is 44.5 Å². The second-order valence-electron chi connectivity index (χ2n) is 7.98. The van der Waals surface area contributed by atoms with E-state index in [-0.39, 0.29) is 36.5 Å². The molecule has 1 amide bonds. The fraction of sp³-hybridized carbons (Fsp3) is 0.318. The summed E-state index contributed by atoms with van der Waals surface area (Å²) in [5.41, 5.74) is 1.28. The fourth-order valence-corrected chi connectivity index (χ4v) is 3.09.